The maximum atomic E-state index is 13.3. The zero-order valence-electron chi connectivity index (χ0n) is 20.1. The fourth-order valence-corrected chi connectivity index (χ4v) is 6.04. The van der Waals surface area contributed by atoms with Crippen LogP contribution in [0, 0.1) is 5.41 Å². The van der Waals surface area contributed by atoms with Gasteiger partial charge < -0.3 is 31.1 Å². The van der Waals surface area contributed by atoms with Crippen molar-refractivity contribution in [3.8, 4) is 5.75 Å². The third-order valence-corrected chi connectivity index (χ3v) is 7.78. The lowest BCUT2D eigenvalue weighted by molar-refractivity contribution is -0.161. The number of benzene rings is 2. The number of hydrogen-bond acceptors (Lipinski definition) is 7. The lowest BCUT2D eigenvalue weighted by Crippen LogP contribution is -2.71. The number of amides is 3. The average Bonchev–Trinajstić information content (AvgIpc) is 3.13. The molecule has 4 rings (SSSR count). The number of carboxylic acids is 1. The van der Waals surface area contributed by atoms with Crippen LogP contribution in [0.5, 0.6) is 5.75 Å². The Morgan fingerprint density at radius 1 is 1.16 bits per heavy atom. The molecule has 0 aliphatic carbocycles. The summed E-state index contributed by atoms with van der Waals surface area (Å²) in [6, 6.07) is 11.9. The number of amidine groups is 1. The summed E-state index contributed by atoms with van der Waals surface area (Å²) >= 11 is 1.32. The molecule has 3 amide bonds. The largest absolute Gasteiger partial charge is 0.484 e. The van der Waals surface area contributed by atoms with E-state index in [9.17, 15) is 24.3 Å². The Balaban J connectivity index is 1.43. The van der Waals surface area contributed by atoms with Gasteiger partial charge in [0.2, 0.25) is 11.8 Å². The van der Waals surface area contributed by atoms with Gasteiger partial charge in [-0.25, -0.2) is 4.79 Å². The highest BCUT2D eigenvalue weighted by atomic mass is 32.2. The van der Waals surface area contributed by atoms with E-state index in [0.717, 1.165) is 0 Å². The van der Waals surface area contributed by atoms with Crippen molar-refractivity contribution in [2.24, 2.45) is 5.73 Å². The molecule has 0 radical (unpaired) electrons. The van der Waals surface area contributed by atoms with Gasteiger partial charge in [0, 0.05) is 10.3 Å². The molecule has 2 aliphatic rings. The Hall–Kier alpha value is -4.06. The van der Waals surface area contributed by atoms with Crippen LogP contribution in [0.4, 0.5) is 0 Å². The fraction of sp³-hybridized carbons (Fsp3) is 0.320. The predicted octanol–water partition coefficient (Wildman–Crippen LogP) is 0.839. The van der Waals surface area contributed by atoms with E-state index in [1.807, 2.05) is 0 Å². The van der Waals surface area contributed by atoms with Gasteiger partial charge in [-0.15, -0.1) is 11.8 Å². The number of aliphatic carboxylic acids is 1. The van der Waals surface area contributed by atoms with Gasteiger partial charge in [-0.05, 0) is 43.7 Å². The van der Waals surface area contributed by atoms with Crippen molar-refractivity contribution in [1.82, 2.24) is 15.5 Å². The van der Waals surface area contributed by atoms with Crippen LogP contribution < -0.4 is 21.1 Å². The fourth-order valence-electron chi connectivity index (χ4n) is 4.41. The second-order valence-electron chi connectivity index (χ2n) is 9.22. The first-order valence-electron chi connectivity index (χ1n) is 11.4. The highest BCUT2D eigenvalue weighted by molar-refractivity contribution is 8.01. The van der Waals surface area contributed by atoms with Gasteiger partial charge in [0.05, 0.1) is 0 Å². The molecular formula is C25H27N5O6S. The summed E-state index contributed by atoms with van der Waals surface area (Å²) in [4.78, 5) is 51.8. The van der Waals surface area contributed by atoms with E-state index in [4.69, 9.17) is 15.9 Å². The summed E-state index contributed by atoms with van der Waals surface area (Å²) in [5.41, 5.74) is 6.45. The lowest BCUT2D eigenvalue weighted by Gasteiger charge is -2.44. The molecule has 2 aliphatic heterocycles. The van der Waals surface area contributed by atoms with Crippen LogP contribution in [-0.2, 0) is 19.2 Å². The van der Waals surface area contributed by atoms with Crippen molar-refractivity contribution in [2.45, 2.75) is 42.1 Å². The monoisotopic (exact) mass is 525 g/mol. The van der Waals surface area contributed by atoms with Crippen LogP contribution in [-0.4, -0.2) is 68.3 Å². The predicted molar refractivity (Wildman–Crippen MR) is 136 cm³/mol. The van der Waals surface area contributed by atoms with Gasteiger partial charge in [0.15, 0.2) is 6.61 Å². The van der Waals surface area contributed by atoms with Crippen molar-refractivity contribution in [2.75, 3.05) is 6.61 Å². The molecule has 2 aromatic carbocycles. The maximum absolute atomic E-state index is 13.3. The maximum Gasteiger partial charge on any atom is 0.327 e. The second kappa shape index (κ2) is 10.1. The average molecular weight is 526 g/mol. The van der Waals surface area contributed by atoms with E-state index < -0.39 is 51.9 Å². The number of nitrogens with zero attached hydrogens (tertiary/aromatic N) is 1. The molecule has 2 aromatic rings. The first kappa shape index (κ1) is 26.0. The van der Waals surface area contributed by atoms with Gasteiger partial charge in [0.25, 0.3) is 5.91 Å². The molecule has 0 spiro atoms. The Bertz CT molecular complexity index is 1240. The van der Waals surface area contributed by atoms with Gasteiger partial charge in [0.1, 0.15) is 35.1 Å². The van der Waals surface area contributed by atoms with Crippen LogP contribution in [0.25, 0.3) is 0 Å². The molecule has 11 nitrogen and oxygen atoms in total. The van der Waals surface area contributed by atoms with Crippen LogP contribution in [0.15, 0.2) is 54.6 Å². The smallest absolute Gasteiger partial charge is 0.327 e. The molecule has 2 saturated heterocycles. The van der Waals surface area contributed by atoms with Crippen LogP contribution >= 0.6 is 11.8 Å². The molecular weight excluding hydrogens is 498 g/mol. The molecule has 0 saturated carbocycles. The second-order valence-corrected chi connectivity index (χ2v) is 11.0. The molecule has 0 aromatic heterocycles. The third kappa shape index (κ3) is 5.24. The van der Waals surface area contributed by atoms with Crippen LogP contribution in [0.1, 0.15) is 31.0 Å². The standard InChI is InChI=1S/C25H27N5O6S/c1-25(2)19(24(34)35)30-22(33)18(23(30)37-25)29-21(32)17(13-6-4-3-5-7-13)28-16(31)12-36-15-10-8-14(9-11-15)20(26)27/h3-11,17-19,23H,12H2,1-2H3,(H3,26,27)(H,28,31)(H,29,32)(H,34,35)/t17?,18-,19+,23-/m1/s1. The van der Waals surface area contributed by atoms with Crippen molar-refractivity contribution in [3.63, 3.8) is 0 Å². The Morgan fingerprint density at radius 3 is 2.41 bits per heavy atom. The van der Waals surface area contributed by atoms with Crippen LogP contribution in [0.3, 0.4) is 0 Å². The normalized spacial score (nSPS) is 22.3. The summed E-state index contributed by atoms with van der Waals surface area (Å²) in [6.45, 7) is 3.13. The Kier molecular flexibility index (Phi) is 7.12. The number of carbonyl (C=O) groups excluding carboxylic acids is 3. The molecule has 12 heteroatoms. The van der Waals surface area contributed by atoms with Gasteiger partial charge in [-0.2, -0.15) is 0 Å². The minimum Gasteiger partial charge on any atom is -0.484 e. The van der Waals surface area contributed by atoms with Crippen molar-refractivity contribution >= 4 is 41.3 Å². The third-order valence-electron chi connectivity index (χ3n) is 6.21. The van der Waals surface area contributed by atoms with E-state index in [0.29, 0.717) is 16.9 Å². The van der Waals surface area contributed by atoms with Crippen LogP contribution in [0.2, 0.25) is 0 Å². The van der Waals surface area contributed by atoms with E-state index in [-0.39, 0.29) is 12.4 Å². The van der Waals surface area contributed by atoms with Crippen molar-refractivity contribution < 1.29 is 29.0 Å². The number of β-lactam (4-membered cyclic amide) rings is 1. The van der Waals surface area contributed by atoms with Gasteiger partial charge in [-0.3, -0.25) is 19.8 Å². The first-order valence-corrected chi connectivity index (χ1v) is 12.3. The number of carboxylic acid groups (broad SMARTS) is 1. The molecule has 2 heterocycles. The summed E-state index contributed by atoms with van der Waals surface area (Å²) in [7, 11) is 0. The number of fused-ring (bicyclic) bond motifs is 1. The molecule has 6 N–H and O–H groups in total. The topological polar surface area (TPSA) is 175 Å². The van der Waals surface area contributed by atoms with Crippen molar-refractivity contribution in [1.29, 1.82) is 5.41 Å². The molecule has 37 heavy (non-hydrogen) atoms. The number of nitrogens with two attached hydrogens (primary N) is 1. The molecule has 2 fully saturated rings. The number of thioether (sulfide) groups is 1. The van der Waals surface area contributed by atoms with E-state index in [1.165, 1.54) is 16.7 Å². The van der Waals surface area contributed by atoms with Gasteiger partial charge in [-0.1, -0.05) is 30.3 Å². The number of rotatable bonds is 9. The minimum absolute atomic E-state index is 0.0906. The summed E-state index contributed by atoms with van der Waals surface area (Å²) in [6.07, 6.45) is 0. The summed E-state index contributed by atoms with van der Waals surface area (Å²) < 4.78 is 4.77. The highest BCUT2D eigenvalue weighted by Gasteiger charge is 2.64. The summed E-state index contributed by atoms with van der Waals surface area (Å²) in [5.74, 6) is -2.44. The Labute approximate surface area is 217 Å². The molecule has 4 atom stereocenters. The molecule has 1 unspecified atom stereocenters. The highest BCUT2D eigenvalue weighted by Crippen LogP contribution is 2.50. The van der Waals surface area contributed by atoms with Gasteiger partial charge >= 0.3 is 5.97 Å². The lowest BCUT2D eigenvalue weighted by atomic mass is 9.95. The van der Waals surface area contributed by atoms with E-state index in [2.05, 4.69) is 10.6 Å². The zero-order valence-corrected chi connectivity index (χ0v) is 21.0. The molecule has 0 bridgehead atoms. The quantitative estimate of drug-likeness (QED) is 0.182. The van der Waals surface area contributed by atoms with E-state index >= 15 is 0 Å². The SMILES string of the molecule is CC1(C)S[C@@H]2[C@H](NC(=O)C(NC(=O)COc3ccc(C(=N)N)cc3)c3ccccc3)C(=O)N2[C@H]1C(=O)O. The number of nitrogen functional groups attached to an aromatic ring is 1. The number of carbonyl (C=O) groups is 4. The van der Waals surface area contributed by atoms with E-state index in [1.54, 1.807) is 68.4 Å². The molecule has 194 valence electrons. The number of ether oxygens (including phenoxy) is 1. The Morgan fingerprint density at radius 2 is 1.81 bits per heavy atom. The zero-order chi connectivity index (χ0) is 26.9. The summed E-state index contributed by atoms with van der Waals surface area (Å²) in [5, 5.41) is 21.9. The number of hydrogen-bond donors (Lipinski definition) is 5. The number of nitrogens with one attached hydrogen (secondary N) is 3. The van der Waals surface area contributed by atoms with Crippen molar-refractivity contribution in [3.05, 3.63) is 65.7 Å². The first-order chi connectivity index (χ1) is 17.5. The minimum atomic E-state index is -1.10.